The highest BCUT2D eigenvalue weighted by molar-refractivity contribution is 6.30. The molecule has 2 heterocycles. The van der Waals surface area contributed by atoms with Crippen molar-refractivity contribution in [2.45, 2.75) is 38.8 Å². The maximum absolute atomic E-state index is 6.17. The van der Waals surface area contributed by atoms with Gasteiger partial charge in [0.2, 0.25) is 0 Å². The molecule has 2 saturated heterocycles. The Kier molecular flexibility index (Phi) is 3.72. The van der Waals surface area contributed by atoms with Crippen LogP contribution in [0.15, 0.2) is 24.3 Å². The van der Waals surface area contributed by atoms with Gasteiger partial charge in [-0.1, -0.05) is 31.5 Å². The minimum absolute atomic E-state index is 0.604. The first-order chi connectivity index (χ1) is 9.15. The van der Waals surface area contributed by atoms with Crippen molar-refractivity contribution in [2.75, 3.05) is 24.5 Å². The van der Waals surface area contributed by atoms with Crippen molar-refractivity contribution in [1.82, 2.24) is 4.90 Å². The molecule has 19 heavy (non-hydrogen) atoms. The molecule has 2 aliphatic rings. The highest BCUT2D eigenvalue weighted by atomic mass is 35.5. The molecular formula is C16H23ClN2. The predicted molar refractivity (Wildman–Crippen MR) is 82.0 cm³/mol. The molecular weight excluding hydrogens is 256 g/mol. The quantitative estimate of drug-likeness (QED) is 0.815. The highest BCUT2D eigenvalue weighted by Crippen LogP contribution is 2.32. The number of benzene rings is 1. The first-order valence-electron chi connectivity index (χ1n) is 7.41. The van der Waals surface area contributed by atoms with E-state index in [0.717, 1.165) is 17.6 Å². The molecule has 2 nitrogen and oxygen atoms in total. The summed E-state index contributed by atoms with van der Waals surface area (Å²) in [6.45, 7) is 8.31. The molecule has 0 aliphatic carbocycles. The molecule has 0 radical (unpaired) electrons. The predicted octanol–water partition coefficient (Wildman–Crippen LogP) is 3.65. The van der Waals surface area contributed by atoms with Crippen LogP contribution in [0.5, 0.6) is 0 Å². The average molecular weight is 279 g/mol. The van der Waals surface area contributed by atoms with Crippen molar-refractivity contribution in [3.05, 3.63) is 29.3 Å². The first-order valence-corrected chi connectivity index (χ1v) is 7.79. The van der Waals surface area contributed by atoms with E-state index in [-0.39, 0.29) is 0 Å². The van der Waals surface area contributed by atoms with Gasteiger partial charge in [-0.2, -0.15) is 0 Å². The van der Waals surface area contributed by atoms with Crippen LogP contribution in [0.2, 0.25) is 5.02 Å². The van der Waals surface area contributed by atoms with Gasteiger partial charge in [-0.3, -0.25) is 4.90 Å². The van der Waals surface area contributed by atoms with Crippen molar-refractivity contribution in [3.63, 3.8) is 0 Å². The van der Waals surface area contributed by atoms with Crippen LogP contribution in [-0.2, 0) is 0 Å². The Labute approximate surface area is 121 Å². The number of halogens is 1. The van der Waals surface area contributed by atoms with Gasteiger partial charge < -0.3 is 4.90 Å². The maximum Gasteiger partial charge on any atom is 0.0440 e. The molecule has 0 saturated carbocycles. The standard InChI is InChI=1S/C16H23ClN2/c1-12(2)16-11-18-8-4-7-15(18)10-19(16)14-6-3-5-13(17)9-14/h3,5-6,9,12,15-16H,4,7-8,10-11H2,1-2H3. The van der Waals surface area contributed by atoms with Gasteiger partial charge in [0, 0.05) is 35.9 Å². The second-order valence-corrected chi connectivity index (χ2v) is 6.67. The van der Waals surface area contributed by atoms with E-state index in [1.807, 2.05) is 6.07 Å². The largest absolute Gasteiger partial charge is 0.365 e. The van der Waals surface area contributed by atoms with Crippen LogP contribution < -0.4 is 4.90 Å². The lowest BCUT2D eigenvalue weighted by atomic mass is 9.96. The summed E-state index contributed by atoms with van der Waals surface area (Å²) >= 11 is 6.17. The van der Waals surface area contributed by atoms with E-state index in [9.17, 15) is 0 Å². The van der Waals surface area contributed by atoms with Crippen LogP contribution in [0.25, 0.3) is 0 Å². The Morgan fingerprint density at radius 3 is 2.84 bits per heavy atom. The molecule has 3 rings (SSSR count). The summed E-state index contributed by atoms with van der Waals surface area (Å²) in [5.74, 6) is 0.667. The second kappa shape index (κ2) is 5.34. The summed E-state index contributed by atoms with van der Waals surface area (Å²) < 4.78 is 0. The monoisotopic (exact) mass is 278 g/mol. The van der Waals surface area contributed by atoms with Gasteiger partial charge in [0.25, 0.3) is 0 Å². The third kappa shape index (κ3) is 2.61. The minimum Gasteiger partial charge on any atom is -0.365 e. The van der Waals surface area contributed by atoms with Crippen LogP contribution in [-0.4, -0.2) is 36.6 Å². The Bertz CT molecular complexity index is 446. The van der Waals surface area contributed by atoms with Gasteiger partial charge in [-0.15, -0.1) is 0 Å². The molecule has 2 unspecified atom stereocenters. The van der Waals surface area contributed by atoms with E-state index in [1.54, 1.807) is 0 Å². The summed E-state index contributed by atoms with van der Waals surface area (Å²) in [6, 6.07) is 9.69. The fraction of sp³-hybridized carbons (Fsp3) is 0.625. The van der Waals surface area contributed by atoms with Crippen LogP contribution in [0.3, 0.4) is 0 Å². The summed E-state index contributed by atoms with van der Waals surface area (Å²) in [5.41, 5.74) is 1.29. The third-order valence-corrected chi connectivity index (χ3v) is 4.87. The lowest BCUT2D eigenvalue weighted by Crippen LogP contribution is -2.58. The summed E-state index contributed by atoms with van der Waals surface area (Å²) in [4.78, 5) is 5.27. The lowest BCUT2D eigenvalue weighted by molar-refractivity contribution is 0.176. The van der Waals surface area contributed by atoms with E-state index in [0.29, 0.717) is 12.0 Å². The number of anilines is 1. The molecule has 0 aromatic heterocycles. The molecule has 0 bridgehead atoms. The molecule has 3 heteroatoms. The average Bonchev–Trinajstić information content (AvgIpc) is 2.84. The van der Waals surface area contributed by atoms with Crippen molar-refractivity contribution in [2.24, 2.45) is 5.92 Å². The van der Waals surface area contributed by atoms with Gasteiger partial charge >= 0.3 is 0 Å². The Balaban J connectivity index is 1.88. The van der Waals surface area contributed by atoms with E-state index in [2.05, 4.69) is 41.8 Å². The van der Waals surface area contributed by atoms with Gasteiger partial charge in [-0.05, 0) is 43.5 Å². The molecule has 0 N–H and O–H groups in total. The normalized spacial score (nSPS) is 27.9. The van der Waals surface area contributed by atoms with E-state index >= 15 is 0 Å². The highest BCUT2D eigenvalue weighted by Gasteiger charge is 2.37. The fourth-order valence-electron chi connectivity index (χ4n) is 3.57. The molecule has 1 aromatic rings. The molecule has 2 atom stereocenters. The van der Waals surface area contributed by atoms with Gasteiger partial charge in [0.05, 0.1) is 0 Å². The zero-order valence-electron chi connectivity index (χ0n) is 11.8. The smallest absolute Gasteiger partial charge is 0.0440 e. The van der Waals surface area contributed by atoms with Gasteiger partial charge in [0.1, 0.15) is 0 Å². The van der Waals surface area contributed by atoms with E-state index < -0.39 is 0 Å². The molecule has 1 aromatic carbocycles. The lowest BCUT2D eigenvalue weighted by Gasteiger charge is -2.46. The SMILES string of the molecule is CC(C)C1CN2CCCC2CN1c1cccc(Cl)c1. The summed E-state index contributed by atoms with van der Waals surface area (Å²) in [6.07, 6.45) is 2.71. The van der Waals surface area contributed by atoms with E-state index in [1.165, 1.54) is 31.6 Å². The van der Waals surface area contributed by atoms with Gasteiger partial charge in [-0.25, -0.2) is 0 Å². The third-order valence-electron chi connectivity index (χ3n) is 4.64. The Morgan fingerprint density at radius 1 is 1.26 bits per heavy atom. The van der Waals surface area contributed by atoms with Crippen molar-refractivity contribution in [3.8, 4) is 0 Å². The molecule has 0 amide bonds. The van der Waals surface area contributed by atoms with Crippen LogP contribution in [0.4, 0.5) is 5.69 Å². The fourth-order valence-corrected chi connectivity index (χ4v) is 3.75. The topological polar surface area (TPSA) is 6.48 Å². The molecule has 104 valence electrons. The second-order valence-electron chi connectivity index (χ2n) is 6.23. The minimum atomic E-state index is 0.604. The Hall–Kier alpha value is -0.730. The van der Waals surface area contributed by atoms with Crippen molar-refractivity contribution in [1.29, 1.82) is 0 Å². The van der Waals surface area contributed by atoms with E-state index in [4.69, 9.17) is 11.6 Å². The molecule has 2 fully saturated rings. The maximum atomic E-state index is 6.17. The Morgan fingerprint density at radius 2 is 2.11 bits per heavy atom. The number of rotatable bonds is 2. The number of hydrogen-bond acceptors (Lipinski definition) is 2. The van der Waals surface area contributed by atoms with Crippen LogP contribution >= 0.6 is 11.6 Å². The summed E-state index contributed by atoms with van der Waals surface area (Å²) in [5, 5.41) is 0.842. The zero-order valence-corrected chi connectivity index (χ0v) is 12.6. The number of hydrogen-bond donors (Lipinski definition) is 0. The van der Waals surface area contributed by atoms with Crippen LogP contribution in [0.1, 0.15) is 26.7 Å². The summed E-state index contributed by atoms with van der Waals surface area (Å²) in [7, 11) is 0. The number of nitrogens with zero attached hydrogens (tertiary/aromatic N) is 2. The van der Waals surface area contributed by atoms with Crippen molar-refractivity contribution < 1.29 is 0 Å². The zero-order chi connectivity index (χ0) is 13.4. The number of fused-ring (bicyclic) bond motifs is 1. The molecule has 2 aliphatic heterocycles. The van der Waals surface area contributed by atoms with Crippen LogP contribution in [0, 0.1) is 5.92 Å². The molecule has 0 spiro atoms. The number of piperazine rings is 1. The first kappa shape index (κ1) is 13.3. The van der Waals surface area contributed by atoms with Crippen molar-refractivity contribution >= 4 is 17.3 Å². The van der Waals surface area contributed by atoms with Gasteiger partial charge in [0.15, 0.2) is 0 Å².